The number of hydrogen-bond acceptors (Lipinski definition) is 5. The van der Waals surface area contributed by atoms with Gasteiger partial charge in [-0.15, -0.1) is 0 Å². The topological polar surface area (TPSA) is 116 Å². The number of aryl methyl sites for hydroxylation is 2. The second-order valence-corrected chi connectivity index (χ2v) is 7.26. The molecule has 0 bridgehead atoms. The Morgan fingerprint density at radius 2 is 1.80 bits per heavy atom. The van der Waals surface area contributed by atoms with Crippen LogP contribution in [0.5, 0.6) is 0 Å². The van der Waals surface area contributed by atoms with Crippen LogP contribution in [0.15, 0.2) is 53.3 Å². The molecule has 0 aliphatic carbocycles. The quantitative estimate of drug-likeness (QED) is 0.534. The van der Waals surface area contributed by atoms with Crippen LogP contribution in [0, 0.1) is 13.8 Å². The zero-order chi connectivity index (χ0) is 21.3. The van der Waals surface area contributed by atoms with Crippen molar-refractivity contribution in [3.63, 3.8) is 0 Å². The Morgan fingerprint density at radius 1 is 1.03 bits per heavy atom. The van der Waals surface area contributed by atoms with Gasteiger partial charge in [0, 0.05) is 17.8 Å². The Bertz CT molecular complexity index is 1190. The predicted octanol–water partition coefficient (Wildman–Crippen LogP) is 3.19. The third kappa shape index (κ3) is 3.93. The fourth-order valence-corrected chi connectivity index (χ4v) is 3.36. The van der Waals surface area contributed by atoms with Gasteiger partial charge in [0.1, 0.15) is 5.82 Å². The summed E-state index contributed by atoms with van der Waals surface area (Å²) in [4.78, 5) is 44.9. The van der Waals surface area contributed by atoms with E-state index in [9.17, 15) is 14.4 Å². The lowest BCUT2D eigenvalue weighted by molar-refractivity contribution is -0.123. The zero-order valence-corrected chi connectivity index (χ0v) is 16.6. The summed E-state index contributed by atoms with van der Waals surface area (Å²) in [5.41, 5.74) is 3.16. The number of H-pyrrole nitrogens is 1. The van der Waals surface area contributed by atoms with Crippen molar-refractivity contribution < 1.29 is 9.59 Å². The van der Waals surface area contributed by atoms with Crippen LogP contribution in [0.1, 0.15) is 29.0 Å². The van der Waals surface area contributed by atoms with E-state index in [1.54, 1.807) is 6.07 Å². The van der Waals surface area contributed by atoms with Crippen molar-refractivity contribution >= 4 is 35.0 Å². The maximum atomic E-state index is 12.9. The second-order valence-electron chi connectivity index (χ2n) is 7.26. The lowest BCUT2D eigenvalue weighted by atomic mass is 9.92. The van der Waals surface area contributed by atoms with Gasteiger partial charge in [-0.3, -0.25) is 19.4 Å². The van der Waals surface area contributed by atoms with Crippen LogP contribution in [0.2, 0.25) is 0 Å². The number of para-hydroxylation sites is 1. The molecule has 1 atom stereocenters. The summed E-state index contributed by atoms with van der Waals surface area (Å²) < 4.78 is 0. The van der Waals surface area contributed by atoms with E-state index in [1.807, 2.05) is 56.3 Å². The number of benzene rings is 2. The van der Waals surface area contributed by atoms with Gasteiger partial charge in [-0.2, -0.15) is 4.98 Å². The maximum absolute atomic E-state index is 12.9. The number of carbonyl (C=O) groups is 2. The summed E-state index contributed by atoms with van der Waals surface area (Å²) in [6.45, 7) is 3.93. The van der Waals surface area contributed by atoms with Gasteiger partial charge in [0.15, 0.2) is 0 Å². The van der Waals surface area contributed by atoms with Crippen LogP contribution in [0.4, 0.5) is 23.1 Å². The van der Waals surface area contributed by atoms with E-state index in [0.717, 1.165) is 16.8 Å². The SMILES string of the molecule is Cc1ccc(NC(=O)[C@H]2CC(=O)Nc3nc(Nc4ccccc4)[nH]c(=O)c32)cc1C. The van der Waals surface area contributed by atoms with E-state index in [1.165, 1.54) is 0 Å². The molecule has 2 amide bonds. The fraction of sp³-hybridized carbons (Fsp3) is 0.182. The number of nitrogens with zero attached hydrogens (tertiary/aromatic N) is 1. The summed E-state index contributed by atoms with van der Waals surface area (Å²) in [5, 5.41) is 8.40. The molecule has 8 nitrogen and oxygen atoms in total. The third-order valence-corrected chi connectivity index (χ3v) is 5.08. The van der Waals surface area contributed by atoms with Crippen molar-refractivity contribution in [1.29, 1.82) is 0 Å². The van der Waals surface area contributed by atoms with Gasteiger partial charge in [0.2, 0.25) is 17.8 Å². The molecule has 4 rings (SSSR count). The molecule has 0 radical (unpaired) electrons. The summed E-state index contributed by atoms with van der Waals surface area (Å²) in [7, 11) is 0. The molecule has 30 heavy (non-hydrogen) atoms. The number of fused-ring (bicyclic) bond motifs is 1. The fourth-order valence-electron chi connectivity index (χ4n) is 3.36. The minimum absolute atomic E-state index is 0.0914. The first-order chi connectivity index (χ1) is 14.4. The molecule has 2 heterocycles. The smallest absolute Gasteiger partial charge is 0.258 e. The number of anilines is 4. The van der Waals surface area contributed by atoms with Gasteiger partial charge in [0.25, 0.3) is 5.56 Å². The summed E-state index contributed by atoms with van der Waals surface area (Å²) in [5.74, 6) is -1.46. The third-order valence-electron chi connectivity index (χ3n) is 5.08. The molecule has 4 N–H and O–H groups in total. The van der Waals surface area contributed by atoms with E-state index >= 15 is 0 Å². The summed E-state index contributed by atoms with van der Waals surface area (Å²) in [6.07, 6.45) is -0.125. The molecule has 2 aromatic carbocycles. The Hall–Kier alpha value is -3.94. The van der Waals surface area contributed by atoms with Gasteiger partial charge < -0.3 is 16.0 Å². The second kappa shape index (κ2) is 7.82. The molecule has 8 heteroatoms. The van der Waals surface area contributed by atoms with Gasteiger partial charge in [-0.1, -0.05) is 24.3 Å². The highest BCUT2D eigenvalue weighted by Crippen LogP contribution is 2.30. The summed E-state index contributed by atoms with van der Waals surface area (Å²) in [6, 6.07) is 14.7. The maximum Gasteiger partial charge on any atom is 0.258 e. The first-order valence-electron chi connectivity index (χ1n) is 9.55. The molecule has 0 saturated heterocycles. The van der Waals surface area contributed by atoms with Gasteiger partial charge >= 0.3 is 0 Å². The highest BCUT2D eigenvalue weighted by atomic mass is 16.2. The highest BCUT2D eigenvalue weighted by Gasteiger charge is 2.34. The lowest BCUT2D eigenvalue weighted by Gasteiger charge is -2.23. The molecule has 0 spiro atoms. The van der Waals surface area contributed by atoms with Crippen molar-refractivity contribution in [3.8, 4) is 0 Å². The number of hydrogen-bond donors (Lipinski definition) is 4. The largest absolute Gasteiger partial charge is 0.326 e. The van der Waals surface area contributed by atoms with Crippen LogP contribution in [0.25, 0.3) is 0 Å². The normalized spacial score (nSPS) is 15.1. The van der Waals surface area contributed by atoms with Crippen molar-refractivity contribution in [2.45, 2.75) is 26.2 Å². The predicted molar refractivity (Wildman–Crippen MR) is 115 cm³/mol. The monoisotopic (exact) mass is 403 g/mol. The molecule has 1 aromatic heterocycles. The first kappa shape index (κ1) is 19.4. The number of amides is 2. The molecule has 152 valence electrons. The molecule has 0 saturated carbocycles. The Kier molecular flexibility index (Phi) is 5.05. The van der Waals surface area contributed by atoms with Gasteiger partial charge in [0.05, 0.1) is 11.5 Å². The van der Waals surface area contributed by atoms with E-state index in [-0.39, 0.29) is 29.7 Å². The Morgan fingerprint density at radius 3 is 2.53 bits per heavy atom. The van der Waals surface area contributed by atoms with E-state index in [0.29, 0.717) is 5.69 Å². The van der Waals surface area contributed by atoms with Crippen LogP contribution in [0.3, 0.4) is 0 Å². The van der Waals surface area contributed by atoms with Gasteiger partial charge in [-0.05, 0) is 49.2 Å². The average molecular weight is 403 g/mol. The molecule has 1 aliphatic rings. The highest BCUT2D eigenvalue weighted by molar-refractivity contribution is 6.04. The van der Waals surface area contributed by atoms with Crippen LogP contribution >= 0.6 is 0 Å². The van der Waals surface area contributed by atoms with Crippen molar-refractivity contribution in [2.24, 2.45) is 0 Å². The first-order valence-corrected chi connectivity index (χ1v) is 9.55. The Balaban J connectivity index is 1.64. The minimum atomic E-state index is -0.933. The van der Waals surface area contributed by atoms with Crippen LogP contribution in [-0.4, -0.2) is 21.8 Å². The minimum Gasteiger partial charge on any atom is -0.326 e. The van der Waals surface area contributed by atoms with E-state index in [4.69, 9.17) is 0 Å². The van der Waals surface area contributed by atoms with Crippen molar-refractivity contribution in [2.75, 3.05) is 16.0 Å². The Labute approximate surface area is 172 Å². The molecular weight excluding hydrogens is 382 g/mol. The summed E-state index contributed by atoms with van der Waals surface area (Å²) >= 11 is 0. The van der Waals surface area contributed by atoms with Crippen molar-refractivity contribution in [1.82, 2.24) is 9.97 Å². The molecule has 3 aromatic rings. The van der Waals surface area contributed by atoms with Gasteiger partial charge in [-0.25, -0.2) is 0 Å². The molecular formula is C22H21N5O3. The number of nitrogens with one attached hydrogen (secondary N) is 4. The average Bonchev–Trinajstić information content (AvgIpc) is 2.70. The number of rotatable bonds is 4. The van der Waals surface area contributed by atoms with E-state index < -0.39 is 17.4 Å². The molecule has 0 unspecified atom stereocenters. The number of carbonyl (C=O) groups excluding carboxylic acids is 2. The van der Waals surface area contributed by atoms with E-state index in [2.05, 4.69) is 25.9 Å². The van der Waals surface area contributed by atoms with Crippen LogP contribution < -0.4 is 21.5 Å². The lowest BCUT2D eigenvalue weighted by Crippen LogP contribution is -2.36. The van der Waals surface area contributed by atoms with Crippen molar-refractivity contribution in [3.05, 3.63) is 75.6 Å². The zero-order valence-electron chi connectivity index (χ0n) is 16.6. The number of aromatic amines is 1. The molecule has 1 aliphatic heterocycles. The molecule has 0 fully saturated rings. The number of aromatic nitrogens is 2. The van der Waals surface area contributed by atoms with Crippen LogP contribution in [-0.2, 0) is 9.59 Å². The standard InChI is InChI=1S/C22H21N5O3/c1-12-8-9-15(10-13(12)2)23-20(29)16-11-17(28)25-19-18(16)21(30)27-22(26-19)24-14-6-4-3-5-7-14/h3-10,16H,11H2,1-2H3,(H,23,29)(H3,24,25,26,27,28,30)/t16-/m0/s1.